The van der Waals surface area contributed by atoms with Gasteiger partial charge < -0.3 is 15.4 Å². The molecule has 1 heterocycles. The molecule has 4 rings (SSSR count). The number of nitrogens with zero attached hydrogens (tertiary/aromatic N) is 1. The van der Waals surface area contributed by atoms with Crippen LogP contribution in [-0.4, -0.2) is 17.0 Å². The van der Waals surface area contributed by atoms with Gasteiger partial charge >= 0.3 is 6.09 Å². The molecule has 0 spiro atoms. The minimum Gasteiger partial charge on any atom is -0.444 e. The molecule has 1 atom stereocenters. The minimum atomic E-state index is -0.679. The number of nitrogens with one attached hydrogen (secondary N) is 2. The van der Waals surface area contributed by atoms with Gasteiger partial charge in [0, 0.05) is 23.0 Å². The van der Waals surface area contributed by atoms with Gasteiger partial charge in [0.2, 0.25) is 0 Å². The lowest BCUT2D eigenvalue weighted by Gasteiger charge is -2.16. The maximum atomic E-state index is 14.6. The Labute approximate surface area is 185 Å². The van der Waals surface area contributed by atoms with Crippen molar-refractivity contribution in [3.05, 3.63) is 80.3 Å². The molecule has 1 aliphatic rings. The fraction of sp³-hybridized carbons (Fsp3) is 0.190. The fourth-order valence-corrected chi connectivity index (χ4v) is 4.16. The van der Waals surface area contributed by atoms with Crippen LogP contribution >= 0.6 is 22.9 Å². The Morgan fingerprint density at radius 1 is 1.23 bits per heavy atom. The zero-order chi connectivity index (χ0) is 22.0. The number of ether oxygens (including phenoxy) is 1. The Balaban J connectivity index is 1.48. The molecule has 0 fully saturated rings. The van der Waals surface area contributed by atoms with E-state index in [0.29, 0.717) is 24.1 Å². The molecule has 2 aromatic carbocycles. The third-order valence-corrected chi connectivity index (χ3v) is 5.92. The predicted molar refractivity (Wildman–Crippen MR) is 112 cm³/mol. The lowest BCUT2D eigenvalue weighted by atomic mass is 10.0. The summed E-state index contributed by atoms with van der Waals surface area (Å²) in [6, 6.07) is 5.78. The minimum absolute atomic E-state index is 0.0707. The molecule has 0 unspecified atom stereocenters. The lowest BCUT2D eigenvalue weighted by Crippen LogP contribution is -2.28. The average molecular weight is 464 g/mol. The number of rotatable bonds is 5. The van der Waals surface area contributed by atoms with E-state index in [1.165, 1.54) is 35.6 Å². The molecule has 10 heteroatoms. The van der Waals surface area contributed by atoms with Gasteiger partial charge in [-0.2, -0.15) is 0 Å². The van der Waals surface area contributed by atoms with Crippen LogP contribution in [0.25, 0.3) is 0 Å². The molecule has 1 aliphatic carbocycles. The summed E-state index contributed by atoms with van der Waals surface area (Å²) in [5.74, 6) is -1.59. The fourth-order valence-electron chi connectivity index (χ4n) is 3.48. The number of aromatic nitrogens is 1. The highest BCUT2D eigenvalue weighted by Crippen LogP contribution is 2.36. The standard InChI is InChI=1S/C21H16ClF2N3O3S/c22-15-7-11(1-4-16(15)23)26-20(28)14-2-5-17(24)19-13(14)3-6-18(19)27-21(29)30-9-12-8-25-10-31-12/h1-2,4-5,7-8,10,18H,3,6,9H2,(H,26,28)(H,27,29)/t18-/m0/s1. The summed E-state index contributed by atoms with van der Waals surface area (Å²) in [6.45, 7) is 0.0707. The van der Waals surface area contributed by atoms with Crippen LogP contribution in [0.4, 0.5) is 19.3 Å². The number of carbonyl (C=O) groups excluding carboxylic acids is 2. The SMILES string of the molecule is O=C(N[C@H]1CCc2c(C(=O)Nc3ccc(F)c(Cl)c3)ccc(F)c21)OCc1cncs1. The summed E-state index contributed by atoms with van der Waals surface area (Å²) in [4.78, 5) is 29.6. The van der Waals surface area contributed by atoms with Crippen molar-refractivity contribution in [1.29, 1.82) is 0 Å². The molecule has 0 aliphatic heterocycles. The largest absolute Gasteiger partial charge is 0.444 e. The predicted octanol–water partition coefficient (Wildman–Crippen LogP) is 5.24. The molecule has 0 bridgehead atoms. The number of alkyl carbamates (subject to hydrolysis) is 1. The molecule has 0 saturated carbocycles. The van der Waals surface area contributed by atoms with E-state index in [1.54, 1.807) is 11.7 Å². The number of fused-ring (bicyclic) bond motifs is 1. The molecule has 0 radical (unpaired) electrons. The molecule has 0 saturated heterocycles. The van der Waals surface area contributed by atoms with Crippen molar-refractivity contribution in [1.82, 2.24) is 10.3 Å². The number of hydrogen-bond acceptors (Lipinski definition) is 5. The molecule has 160 valence electrons. The highest BCUT2D eigenvalue weighted by atomic mass is 35.5. The van der Waals surface area contributed by atoms with Gasteiger partial charge in [0.05, 0.1) is 21.5 Å². The maximum absolute atomic E-state index is 14.6. The highest BCUT2D eigenvalue weighted by Gasteiger charge is 2.31. The van der Waals surface area contributed by atoms with Crippen LogP contribution in [0.2, 0.25) is 5.02 Å². The van der Waals surface area contributed by atoms with Crippen LogP contribution in [0.1, 0.15) is 38.8 Å². The third kappa shape index (κ3) is 4.67. The van der Waals surface area contributed by atoms with Crippen molar-refractivity contribution in [2.24, 2.45) is 0 Å². The molecule has 2 N–H and O–H groups in total. The van der Waals surface area contributed by atoms with Crippen molar-refractivity contribution in [2.45, 2.75) is 25.5 Å². The van der Waals surface area contributed by atoms with Crippen molar-refractivity contribution in [2.75, 3.05) is 5.32 Å². The van der Waals surface area contributed by atoms with E-state index in [-0.39, 0.29) is 22.8 Å². The van der Waals surface area contributed by atoms with Crippen molar-refractivity contribution in [3.8, 4) is 0 Å². The zero-order valence-corrected chi connectivity index (χ0v) is 17.5. The first-order valence-corrected chi connectivity index (χ1v) is 10.6. The Hall–Kier alpha value is -3.04. The van der Waals surface area contributed by atoms with Crippen LogP contribution in [0, 0.1) is 11.6 Å². The van der Waals surface area contributed by atoms with E-state index in [4.69, 9.17) is 16.3 Å². The number of carbonyl (C=O) groups is 2. The number of halogens is 3. The summed E-state index contributed by atoms with van der Waals surface area (Å²) in [5, 5.41) is 5.18. The monoisotopic (exact) mass is 463 g/mol. The second kappa shape index (κ2) is 8.99. The summed E-state index contributed by atoms with van der Waals surface area (Å²) in [5.41, 5.74) is 3.00. The Morgan fingerprint density at radius 3 is 2.77 bits per heavy atom. The Morgan fingerprint density at radius 2 is 2.03 bits per heavy atom. The maximum Gasteiger partial charge on any atom is 0.407 e. The number of hydrogen-bond donors (Lipinski definition) is 2. The van der Waals surface area contributed by atoms with Gasteiger partial charge in [-0.1, -0.05) is 11.6 Å². The number of amides is 2. The van der Waals surface area contributed by atoms with E-state index in [1.807, 2.05) is 0 Å². The van der Waals surface area contributed by atoms with Crippen LogP contribution < -0.4 is 10.6 Å². The van der Waals surface area contributed by atoms with Gasteiger partial charge in [-0.3, -0.25) is 9.78 Å². The van der Waals surface area contributed by atoms with Crippen molar-refractivity contribution < 1.29 is 23.1 Å². The van der Waals surface area contributed by atoms with Gasteiger partial charge in [-0.05, 0) is 48.7 Å². The lowest BCUT2D eigenvalue weighted by molar-refractivity contribution is 0.102. The molecule has 31 heavy (non-hydrogen) atoms. The van der Waals surface area contributed by atoms with Gasteiger partial charge in [-0.15, -0.1) is 11.3 Å². The molecular formula is C21H16ClF2N3O3S. The first-order valence-electron chi connectivity index (χ1n) is 9.30. The molecule has 2 amide bonds. The van der Waals surface area contributed by atoms with E-state index >= 15 is 0 Å². The summed E-state index contributed by atoms with van der Waals surface area (Å²) in [7, 11) is 0. The summed E-state index contributed by atoms with van der Waals surface area (Å²) < 4.78 is 33.1. The van der Waals surface area contributed by atoms with Gasteiger partial charge in [-0.25, -0.2) is 13.6 Å². The molecule has 3 aromatic rings. The zero-order valence-electron chi connectivity index (χ0n) is 16.0. The first kappa shape index (κ1) is 21.2. The van der Waals surface area contributed by atoms with Gasteiger partial charge in [0.1, 0.15) is 18.2 Å². The van der Waals surface area contributed by atoms with E-state index in [0.717, 1.165) is 10.9 Å². The Kier molecular flexibility index (Phi) is 6.15. The van der Waals surface area contributed by atoms with Crippen LogP contribution in [-0.2, 0) is 17.8 Å². The van der Waals surface area contributed by atoms with Crippen LogP contribution in [0.5, 0.6) is 0 Å². The second-order valence-corrected chi connectivity index (χ2v) is 8.23. The number of benzene rings is 2. The number of thiazole rings is 1. The first-order chi connectivity index (χ1) is 14.9. The molecular weight excluding hydrogens is 448 g/mol. The topological polar surface area (TPSA) is 80.3 Å². The Bertz CT molecular complexity index is 1140. The summed E-state index contributed by atoms with van der Waals surface area (Å²) >= 11 is 7.11. The van der Waals surface area contributed by atoms with E-state index in [2.05, 4.69) is 15.6 Å². The average Bonchev–Trinajstić information content (AvgIpc) is 3.40. The van der Waals surface area contributed by atoms with Crippen LogP contribution in [0.3, 0.4) is 0 Å². The summed E-state index contributed by atoms with van der Waals surface area (Å²) in [6.07, 6.45) is 1.75. The van der Waals surface area contributed by atoms with Crippen molar-refractivity contribution >= 4 is 40.6 Å². The number of anilines is 1. The van der Waals surface area contributed by atoms with Crippen LogP contribution in [0.15, 0.2) is 42.0 Å². The van der Waals surface area contributed by atoms with Gasteiger partial charge in [0.25, 0.3) is 5.91 Å². The normalized spacial score (nSPS) is 14.7. The third-order valence-electron chi connectivity index (χ3n) is 4.88. The van der Waals surface area contributed by atoms with Crippen molar-refractivity contribution in [3.63, 3.8) is 0 Å². The quantitative estimate of drug-likeness (QED) is 0.542. The second-order valence-electron chi connectivity index (χ2n) is 6.85. The van der Waals surface area contributed by atoms with E-state index in [9.17, 15) is 18.4 Å². The molecule has 1 aromatic heterocycles. The highest BCUT2D eigenvalue weighted by molar-refractivity contribution is 7.09. The van der Waals surface area contributed by atoms with Gasteiger partial charge in [0.15, 0.2) is 0 Å². The molecule has 6 nitrogen and oxygen atoms in total. The smallest absolute Gasteiger partial charge is 0.407 e. The van der Waals surface area contributed by atoms with E-state index < -0.39 is 29.7 Å².